The van der Waals surface area contributed by atoms with Gasteiger partial charge in [-0.2, -0.15) is 5.10 Å². The number of pyridine rings is 1. The number of nitrogens with one attached hydrogen (secondary N) is 1. The number of anilines is 2. The SMILES string of the molecule is CN(C)c1c(F)c(Cl)c(-c2ccc3nc(NC(=O)C4CC4F)cn3c2)c2cnn(C3CCCCO3)c12. The first-order chi connectivity index (χ1) is 17.3. The summed E-state index contributed by atoms with van der Waals surface area (Å²) in [5.41, 5.74) is 2.71. The van der Waals surface area contributed by atoms with Crippen LogP contribution in [0.5, 0.6) is 0 Å². The third kappa shape index (κ3) is 3.79. The zero-order chi connectivity index (χ0) is 25.1. The Morgan fingerprint density at radius 1 is 1.28 bits per heavy atom. The first-order valence-electron chi connectivity index (χ1n) is 11.9. The standard InChI is InChI=1S/C25H25ClF2N6O2/c1-32(2)24-22(28)21(26)20(15-10-29-34(23(15)24)19-5-3-4-8-36-19)13-6-7-18-30-17(12-33(18)11-13)31-25(35)14-9-16(14)27/h6-7,10-12,14,16,19H,3-5,8-9H2,1-2H3,(H,31,35). The zero-order valence-electron chi connectivity index (χ0n) is 19.8. The molecule has 188 valence electrons. The van der Waals surface area contributed by atoms with E-state index in [1.807, 2.05) is 0 Å². The molecule has 2 aliphatic rings. The molecule has 0 bridgehead atoms. The number of halogens is 3. The van der Waals surface area contributed by atoms with Gasteiger partial charge in [-0.15, -0.1) is 0 Å². The molecular formula is C25H25ClF2N6O2. The number of imidazole rings is 1. The molecule has 11 heteroatoms. The van der Waals surface area contributed by atoms with E-state index in [0.29, 0.717) is 45.8 Å². The van der Waals surface area contributed by atoms with Crippen molar-refractivity contribution >= 4 is 45.6 Å². The third-order valence-corrected chi connectivity index (χ3v) is 7.18. The zero-order valence-corrected chi connectivity index (χ0v) is 20.6. The number of hydrogen-bond acceptors (Lipinski definition) is 5. The van der Waals surface area contributed by atoms with Gasteiger partial charge >= 0.3 is 0 Å². The molecule has 1 saturated heterocycles. The molecule has 3 atom stereocenters. The van der Waals surface area contributed by atoms with Crippen molar-refractivity contribution in [2.75, 3.05) is 30.9 Å². The molecular weight excluding hydrogens is 490 g/mol. The number of fused-ring (bicyclic) bond motifs is 2. The number of carbonyl (C=O) groups excluding carboxylic acids is 1. The van der Waals surface area contributed by atoms with Gasteiger partial charge < -0.3 is 19.4 Å². The second-order valence-corrected chi connectivity index (χ2v) is 9.95. The molecule has 2 fully saturated rings. The van der Waals surface area contributed by atoms with Crippen molar-refractivity contribution < 1.29 is 18.3 Å². The highest BCUT2D eigenvalue weighted by atomic mass is 35.5. The summed E-state index contributed by atoms with van der Waals surface area (Å²) in [6, 6.07) is 3.56. The molecule has 1 aliphatic heterocycles. The largest absolute Gasteiger partial charge is 0.373 e. The highest BCUT2D eigenvalue weighted by molar-refractivity contribution is 6.36. The highest BCUT2D eigenvalue weighted by Crippen LogP contribution is 2.44. The maximum atomic E-state index is 15.8. The number of alkyl halides is 1. The summed E-state index contributed by atoms with van der Waals surface area (Å²) in [5, 5.41) is 7.96. The van der Waals surface area contributed by atoms with Crippen LogP contribution < -0.4 is 10.2 Å². The van der Waals surface area contributed by atoms with Crippen LogP contribution in [0.3, 0.4) is 0 Å². The van der Waals surface area contributed by atoms with Gasteiger partial charge in [0.25, 0.3) is 0 Å². The highest BCUT2D eigenvalue weighted by Gasteiger charge is 2.43. The van der Waals surface area contributed by atoms with E-state index in [0.717, 1.165) is 19.3 Å². The van der Waals surface area contributed by atoms with Gasteiger partial charge in [0.1, 0.15) is 17.5 Å². The molecule has 1 aromatic carbocycles. The lowest BCUT2D eigenvalue weighted by molar-refractivity contribution is -0.117. The van der Waals surface area contributed by atoms with Crippen molar-refractivity contribution in [3.05, 3.63) is 41.6 Å². The van der Waals surface area contributed by atoms with E-state index in [1.165, 1.54) is 0 Å². The fourth-order valence-electron chi connectivity index (χ4n) is 4.90. The molecule has 4 heterocycles. The Labute approximate surface area is 210 Å². The predicted molar refractivity (Wildman–Crippen MR) is 134 cm³/mol. The Balaban J connectivity index is 1.46. The summed E-state index contributed by atoms with van der Waals surface area (Å²) in [6.45, 7) is 0.634. The van der Waals surface area contributed by atoms with Gasteiger partial charge in [0.15, 0.2) is 17.9 Å². The van der Waals surface area contributed by atoms with Gasteiger partial charge in [-0.3, -0.25) is 4.79 Å². The minimum atomic E-state index is -1.09. The number of nitrogens with zero attached hydrogens (tertiary/aromatic N) is 5. The van der Waals surface area contributed by atoms with Crippen LogP contribution in [0.2, 0.25) is 5.02 Å². The smallest absolute Gasteiger partial charge is 0.231 e. The summed E-state index contributed by atoms with van der Waals surface area (Å²) in [5.74, 6) is -1.20. The van der Waals surface area contributed by atoms with E-state index in [2.05, 4.69) is 15.4 Å². The van der Waals surface area contributed by atoms with Crippen LogP contribution >= 0.6 is 11.6 Å². The molecule has 3 unspecified atom stereocenters. The topological polar surface area (TPSA) is 76.7 Å². The van der Waals surface area contributed by atoms with Gasteiger partial charge in [0.05, 0.1) is 28.9 Å². The Morgan fingerprint density at radius 2 is 2.08 bits per heavy atom. The van der Waals surface area contributed by atoms with E-state index in [-0.39, 0.29) is 23.6 Å². The van der Waals surface area contributed by atoms with Crippen LogP contribution in [0.4, 0.5) is 20.3 Å². The molecule has 1 N–H and O–H groups in total. The Kier molecular flexibility index (Phi) is 5.60. The minimum absolute atomic E-state index is 0.00831. The van der Waals surface area contributed by atoms with E-state index >= 15 is 4.39 Å². The van der Waals surface area contributed by atoms with E-state index in [1.54, 1.807) is 58.8 Å². The monoisotopic (exact) mass is 514 g/mol. The van der Waals surface area contributed by atoms with Crippen LogP contribution in [-0.2, 0) is 9.53 Å². The Bertz CT molecular complexity index is 1490. The Hall–Kier alpha value is -3.24. The van der Waals surface area contributed by atoms with Gasteiger partial charge in [0.2, 0.25) is 5.91 Å². The second-order valence-electron chi connectivity index (χ2n) is 9.58. The third-order valence-electron chi connectivity index (χ3n) is 6.83. The number of aromatic nitrogens is 4. The predicted octanol–water partition coefficient (Wildman–Crippen LogP) is 5.21. The van der Waals surface area contributed by atoms with Crippen molar-refractivity contribution in [3.8, 4) is 11.1 Å². The number of rotatable bonds is 5. The van der Waals surface area contributed by atoms with Crippen molar-refractivity contribution in [1.29, 1.82) is 0 Å². The second kappa shape index (κ2) is 8.70. The lowest BCUT2D eigenvalue weighted by Crippen LogP contribution is -2.21. The number of ether oxygens (including phenoxy) is 1. The van der Waals surface area contributed by atoms with Crippen LogP contribution in [0.1, 0.15) is 31.9 Å². The molecule has 6 rings (SSSR count). The molecule has 0 radical (unpaired) electrons. The van der Waals surface area contributed by atoms with E-state index < -0.39 is 17.9 Å². The molecule has 8 nitrogen and oxygen atoms in total. The van der Waals surface area contributed by atoms with E-state index in [9.17, 15) is 9.18 Å². The molecule has 1 saturated carbocycles. The first kappa shape index (κ1) is 23.2. The van der Waals surface area contributed by atoms with Gasteiger partial charge in [-0.25, -0.2) is 18.4 Å². The first-order valence-corrected chi connectivity index (χ1v) is 12.3. The fourth-order valence-corrected chi connectivity index (χ4v) is 5.20. The molecule has 3 aromatic heterocycles. The summed E-state index contributed by atoms with van der Waals surface area (Å²) in [7, 11) is 3.54. The van der Waals surface area contributed by atoms with Crippen molar-refractivity contribution in [2.24, 2.45) is 5.92 Å². The Morgan fingerprint density at radius 3 is 2.78 bits per heavy atom. The van der Waals surface area contributed by atoms with E-state index in [4.69, 9.17) is 16.3 Å². The maximum absolute atomic E-state index is 15.8. The molecule has 0 spiro atoms. The molecule has 1 amide bonds. The molecule has 1 aliphatic carbocycles. The maximum Gasteiger partial charge on any atom is 0.231 e. The van der Waals surface area contributed by atoms with Crippen LogP contribution in [-0.4, -0.2) is 51.9 Å². The number of amides is 1. The van der Waals surface area contributed by atoms with Gasteiger partial charge in [0, 0.05) is 43.4 Å². The van der Waals surface area contributed by atoms with Gasteiger partial charge in [-0.05, 0) is 37.8 Å². The molecule has 36 heavy (non-hydrogen) atoms. The minimum Gasteiger partial charge on any atom is -0.373 e. The molecule has 4 aromatic rings. The number of benzene rings is 1. The van der Waals surface area contributed by atoms with Gasteiger partial charge in [-0.1, -0.05) is 11.6 Å². The van der Waals surface area contributed by atoms with Crippen LogP contribution in [0, 0.1) is 11.7 Å². The summed E-state index contributed by atoms with van der Waals surface area (Å²) >= 11 is 6.64. The van der Waals surface area contributed by atoms with Crippen molar-refractivity contribution in [3.63, 3.8) is 0 Å². The van der Waals surface area contributed by atoms with Crippen LogP contribution in [0.15, 0.2) is 30.7 Å². The summed E-state index contributed by atoms with van der Waals surface area (Å²) in [6.07, 6.45) is 6.79. The summed E-state index contributed by atoms with van der Waals surface area (Å²) < 4.78 is 38.4. The number of hydrogen-bond donors (Lipinski definition) is 1. The van der Waals surface area contributed by atoms with Crippen molar-refractivity contribution in [2.45, 2.75) is 38.1 Å². The average Bonchev–Trinajstić information content (AvgIpc) is 3.25. The lowest BCUT2D eigenvalue weighted by atomic mass is 10.0. The van der Waals surface area contributed by atoms with Crippen molar-refractivity contribution in [1.82, 2.24) is 19.2 Å². The van der Waals surface area contributed by atoms with Crippen LogP contribution in [0.25, 0.3) is 27.7 Å². The fraction of sp³-hybridized carbons (Fsp3) is 0.400. The normalized spacial score (nSPS) is 21.8. The lowest BCUT2D eigenvalue weighted by Gasteiger charge is -2.26. The average molecular weight is 515 g/mol. The quantitative estimate of drug-likeness (QED) is 0.396. The number of carbonyl (C=O) groups is 1. The summed E-state index contributed by atoms with van der Waals surface area (Å²) in [4.78, 5) is 18.2.